The van der Waals surface area contributed by atoms with Gasteiger partial charge < -0.3 is 70.0 Å². The second kappa shape index (κ2) is 30.4. The lowest BCUT2D eigenvalue weighted by atomic mass is 9.40. The number of aliphatic hydroxyl groups excluding tert-OH is 3. The fourth-order valence-electron chi connectivity index (χ4n) is 22.6. The van der Waals surface area contributed by atoms with Crippen molar-refractivity contribution < 1.29 is 89.2 Å². The molecule has 0 amide bonds. The Morgan fingerprint density at radius 1 is 0.333 bits per heavy atom. The molecule has 0 spiro atoms. The highest BCUT2D eigenvalue weighted by Crippen LogP contribution is 2.71. The first kappa shape index (κ1) is 91.5. The van der Waals surface area contributed by atoms with E-state index in [0.29, 0.717) is 115 Å². The zero-order valence-electron chi connectivity index (χ0n) is 55.7. The van der Waals surface area contributed by atoms with Gasteiger partial charge in [-0.2, -0.15) is 0 Å². The largest absolute Gasteiger partial charge is 0.465 e. The quantitative estimate of drug-likeness (QED) is 0.0424. The van der Waals surface area contributed by atoms with Gasteiger partial charge in [-0.15, -0.1) is 0 Å². The summed E-state index contributed by atoms with van der Waals surface area (Å²) in [5.41, 5.74) is -9.71. The molecule has 0 saturated heterocycles. The Kier molecular flexibility index (Phi) is 29.0. The van der Waals surface area contributed by atoms with E-state index in [2.05, 4.69) is 0 Å². The van der Waals surface area contributed by atoms with Crippen molar-refractivity contribution in [3.8, 4) is 0 Å². The van der Waals surface area contributed by atoms with Gasteiger partial charge >= 0.3 is 23.9 Å². The molecule has 10 N–H and O–H groups in total. The standard InChI is InChI=1S/C19H32O4.C18H30O4.C17H28O5.C16H26O5.8CH4/c1-4-16(2,3)15(22)23-13-19-7-14-5-17(9-19,11-20)8-18(6-14,10-19)12-21;1-4-15(2,3)14(20)22-12-17-6-13-5-16(8-17,11-19)9-18(21,7-13)10-17;1-4-13(2,3)12(18)22-11-14-5-15(19)8-16(20,6-14)10-17(21,7-14)9-15;1-3-11(2)12(17)21-10-13-4-14(18)7-15(19,5-13)9-16(20,6-13)8-14;;;;;;;;/h14,20-21H,4-13H2,1-3H3;13,19,21H,4-12H2,1-3H3;19-21H,4-11H2,1-3H3;11,18-20H,3-10H2,1-2H3;8*1H4. The lowest BCUT2D eigenvalue weighted by Gasteiger charge is -2.66. The third-order valence-electron chi connectivity index (χ3n) is 25.2. The molecule has 568 valence electrons. The van der Waals surface area contributed by atoms with Gasteiger partial charge in [0.15, 0.2) is 0 Å². The molecule has 18 nitrogen and oxygen atoms in total. The van der Waals surface area contributed by atoms with Crippen LogP contribution in [0.4, 0.5) is 0 Å². The van der Waals surface area contributed by atoms with Crippen LogP contribution in [0, 0.1) is 71.9 Å². The lowest BCUT2D eigenvalue weighted by Crippen LogP contribution is -2.70. The van der Waals surface area contributed by atoms with Gasteiger partial charge in [0.05, 0.1) is 87.8 Å². The molecular weight excluding hydrogens is 1220 g/mol. The average molecular weight is 1370 g/mol. The van der Waals surface area contributed by atoms with Crippen LogP contribution in [-0.4, -0.2) is 160 Å². The summed E-state index contributed by atoms with van der Waals surface area (Å²) in [5.74, 6) is 0.126. The predicted molar refractivity (Wildman–Crippen MR) is 380 cm³/mol. The first-order valence-corrected chi connectivity index (χ1v) is 34.0. The molecular formula is C78H148O18. The van der Waals surface area contributed by atoms with Gasteiger partial charge in [0, 0.05) is 80.0 Å². The van der Waals surface area contributed by atoms with Crippen LogP contribution in [-0.2, 0) is 38.1 Å². The van der Waals surface area contributed by atoms with Crippen molar-refractivity contribution in [3.63, 3.8) is 0 Å². The molecule has 16 aliphatic rings. The van der Waals surface area contributed by atoms with Gasteiger partial charge in [-0.05, 0) is 211 Å². The molecule has 0 aromatic rings. The maximum Gasteiger partial charge on any atom is 0.311 e. The van der Waals surface area contributed by atoms with Gasteiger partial charge in [-0.1, -0.05) is 94.0 Å². The van der Waals surface area contributed by atoms with Crippen molar-refractivity contribution in [2.75, 3.05) is 46.2 Å². The summed E-state index contributed by atoms with van der Waals surface area (Å²) in [6, 6.07) is 0. The summed E-state index contributed by atoms with van der Waals surface area (Å²) >= 11 is 0. The van der Waals surface area contributed by atoms with Crippen LogP contribution in [0.15, 0.2) is 0 Å². The van der Waals surface area contributed by atoms with Crippen LogP contribution in [0.3, 0.4) is 0 Å². The Balaban J connectivity index is 0.000000623. The fraction of sp³-hybridized carbons (Fsp3) is 0.949. The highest BCUT2D eigenvalue weighted by atomic mass is 16.5. The summed E-state index contributed by atoms with van der Waals surface area (Å²) in [6.45, 7) is 22.8. The fourth-order valence-corrected chi connectivity index (χ4v) is 22.6. The van der Waals surface area contributed by atoms with E-state index >= 15 is 0 Å². The number of aliphatic hydroxyl groups is 10. The third-order valence-corrected chi connectivity index (χ3v) is 25.2. The van der Waals surface area contributed by atoms with E-state index < -0.39 is 66.3 Å². The minimum absolute atomic E-state index is 0. The number of hydrogen-bond acceptors (Lipinski definition) is 18. The minimum Gasteiger partial charge on any atom is -0.465 e. The molecule has 0 radical (unpaired) electrons. The Morgan fingerprint density at radius 2 is 0.552 bits per heavy atom. The lowest BCUT2D eigenvalue weighted by molar-refractivity contribution is -0.287. The third kappa shape index (κ3) is 18.4. The van der Waals surface area contributed by atoms with Crippen LogP contribution < -0.4 is 0 Å². The SMILES string of the molecule is C.C.C.C.C.C.C.C.CCC(C)(C)C(=O)OCC12CC3(O)CC(O)(CC(O)(C3)C1)C2.CCC(C)(C)C(=O)OCC12CC3CC(CO)(CC(CO)(C3)C1)C2.CCC(C)(C)C(=O)OCC12CC3CC(O)(CC(CO)(C3)C1)C2.CCC(C)C(=O)OCC12CC3(O)CC(O)(CC(O)(C3)C1)C2. The van der Waals surface area contributed by atoms with Gasteiger partial charge in [0.2, 0.25) is 0 Å². The van der Waals surface area contributed by atoms with Crippen molar-refractivity contribution >= 4 is 23.9 Å². The number of esters is 4. The Bertz CT molecular complexity index is 2490. The topological polar surface area (TPSA) is 308 Å². The summed E-state index contributed by atoms with van der Waals surface area (Å²) in [7, 11) is 0. The molecule has 16 bridgehead atoms. The smallest absolute Gasteiger partial charge is 0.311 e. The monoisotopic (exact) mass is 1370 g/mol. The molecule has 96 heavy (non-hydrogen) atoms. The molecule has 0 aliphatic heterocycles. The van der Waals surface area contributed by atoms with E-state index in [0.717, 1.165) is 89.9 Å². The first-order chi connectivity index (χ1) is 40.4. The van der Waals surface area contributed by atoms with Crippen LogP contribution in [0.1, 0.15) is 315 Å². The van der Waals surface area contributed by atoms with Gasteiger partial charge in [0.25, 0.3) is 0 Å². The normalized spacial score (nSPS) is 41.5. The molecule has 16 rings (SSSR count). The number of carbonyl (C=O) groups is 4. The summed E-state index contributed by atoms with van der Waals surface area (Å²) in [4.78, 5) is 48.8. The summed E-state index contributed by atoms with van der Waals surface area (Å²) < 4.78 is 22.4. The maximum atomic E-state index is 12.4. The maximum absolute atomic E-state index is 12.4. The van der Waals surface area contributed by atoms with E-state index in [1.807, 2.05) is 76.2 Å². The Labute approximate surface area is 583 Å². The van der Waals surface area contributed by atoms with Gasteiger partial charge in [0.1, 0.15) is 0 Å². The molecule has 16 fully saturated rings. The van der Waals surface area contributed by atoms with Crippen LogP contribution >= 0.6 is 0 Å². The van der Waals surface area contributed by atoms with E-state index in [9.17, 15) is 70.2 Å². The number of ether oxygens (including phenoxy) is 4. The van der Waals surface area contributed by atoms with Gasteiger partial charge in [-0.25, -0.2) is 0 Å². The second-order valence-electron chi connectivity index (χ2n) is 36.0. The highest BCUT2D eigenvalue weighted by molar-refractivity contribution is 5.77. The summed E-state index contributed by atoms with van der Waals surface area (Å²) in [6.07, 6.45) is 19.1. The Hall–Kier alpha value is -2.52. The first-order valence-electron chi connectivity index (χ1n) is 34.0. The van der Waals surface area contributed by atoms with Gasteiger partial charge in [-0.3, -0.25) is 19.2 Å². The highest BCUT2D eigenvalue weighted by Gasteiger charge is 2.70. The van der Waals surface area contributed by atoms with Crippen LogP contribution in [0.2, 0.25) is 0 Å². The van der Waals surface area contributed by atoms with Crippen molar-refractivity contribution in [1.29, 1.82) is 0 Å². The molecule has 16 aliphatic carbocycles. The van der Waals surface area contributed by atoms with E-state index in [4.69, 9.17) is 18.9 Å². The Morgan fingerprint density at radius 3 is 0.823 bits per heavy atom. The number of rotatable bonds is 19. The zero-order chi connectivity index (χ0) is 65.1. The molecule has 18 heteroatoms. The number of hydrogen-bond donors (Lipinski definition) is 10. The minimum atomic E-state index is -1.04. The molecule has 7 atom stereocenters. The molecule has 7 unspecified atom stereocenters. The van der Waals surface area contributed by atoms with Crippen LogP contribution in [0.25, 0.3) is 0 Å². The second-order valence-corrected chi connectivity index (χ2v) is 36.0. The van der Waals surface area contributed by atoms with Crippen LogP contribution in [0.5, 0.6) is 0 Å². The van der Waals surface area contributed by atoms with Crippen molar-refractivity contribution in [3.05, 3.63) is 0 Å². The van der Waals surface area contributed by atoms with Crippen molar-refractivity contribution in [1.82, 2.24) is 0 Å². The van der Waals surface area contributed by atoms with E-state index in [1.54, 1.807) is 0 Å². The predicted octanol–water partition coefficient (Wildman–Crippen LogP) is 13.3. The molecule has 0 aromatic carbocycles. The zero-order valence-corrected chi connectivity index (χ0v) is 55.7. The number of carbonyl (C=O) groups excluding carboxylic acids is 4. The van der Waals surface area contributed by atoms with Crippen molar-refractivity contribution in [2.45, 2.75) is 355 Å². The van der Waals surface area contributed by atoms with E-state index in [-0.39, 0.29) is 149 Å². The summed E-state index contributed by atoms with van der Waals surface area (Å²) in [5, 5.41) is 105. The van der Waals surface area contributed by atoms with E-state index in [1.165, 1.54) is 0 Å². The van der Waals surface area contributed by atoms with Crippen molar-refractivity contribution in [2.24, 2.45) is 71.9 Å². The molecule has 16 saturated carbocycles. The average Bonchev–Trinajstić information content (AvgIpc) is 0.709. The molecule has 0 heterocycles. The molecule has 0 aromatic heterocycles.